The molecule has 478 valence electrons. The molecule has 0 N–H and O–H groups in total. The molecule has 0 aliphatic heterocycles. The Labute approximate surface area is 510 Å². The lowest BCUT2D eigenvalue weighted by molar-refractivity contribution is -0.167. The fraction of sp³-hybridized carbons (Fsp3) is 0.829. The summed E-state index contributed by atoms with van der Waals surface area (Å²) in [6.07, 6.45) is 91.1. The third-order valence-electron chi connectivity index (χ3n) is 16.3. The molecule has 0 heterocycles. The molecule has 82 heavy (non-hydrogen) atoms. The second-order valence-corrected chi connectivity index (χ2v) is 24.5. The van der Waals surface area contributed by atoms with Gasteiger partial charge in [-0.1, -0.05) is 364 Å². The number of esters is 3. The van der Waals surface area contributed by atoms with Crippen LogP contribution in [-0.2, 0) is 28.6 Å². The average molecular weight is 1150 g/mol. The van der Waals surface area contributed by atoms with Gasteiger partial charge in [-0.3, -0.25) is 14.4 Å². The molecule has 0 aliphatic rings. The van der Waals surface area contributed by atoms with E-state index in [4.69, 9.17) is 14.2 Å². The van der Waals surface area contributed by atoms with Gasteiger partial charge in [0.15, 0.2) is 6.10 Å². The fourth-order valence-corrected chi connectivity index (χ4v) is 10.9. The zero-order valence-corrected chi connectivity index (χ0v) is 55.0. The van der Waals surface area contributed by atoms with Crippen molar-refractivity contribution in [1.29, 1.82) is 0 Å². The Kier molecular flexibility index (Phi) is 68.1. The maximum absolute atomic E-state index is 13.0. The van der Waals surface area contributed by atoms with E-state index in [0.29, 0.717) is 19.3 Å². The molecule has 6 nitrogen and oxygen atoms in total. The van der Waals surface area contributed by atoms with Crippen LogP contribution in [0, 0.1) is 0 Å². The summed E-state index contributed by atoms with van der Waals surface area (Å²) in [7, 11) is 0. The second kappa shape index (κ2) is 70.6. The van der Waals surface area contributed by atoms with Crippen molar-refractivity contribution in [3.63, 3.8) is 0 Å². The molecular formula is C76H138O6. The lowest BCUT2D eigenvalue weighted by Gasteiger charge is -2.18. The van der Waals surface area contributed by atoms with E-state index in [1.807, 2.05) is 0 Å². The van der Waals surface area contributed by atoms with Crippen LogP contribution < -0.4 is 0 Å². The molecule has 0 bridgehead atoms. The summed E-state index contributed by atoms with van der Waals surface area (Å²) in [6.45, 7) is 6.58. The number of carbonyl (C=O) groups excluding carboxylic acids is 3. The molecule has 1 unspecified atom stereocenters. The van der Waals surface area contributed by atoms with Gasteiger partial charge in [-0.15, -0.1) is 0 Å². The van der Waals surface area contributed by atoms with Gasteiger partial charge in [0.05, 0.1) is 0 Å². The first-order valence-corrected chi connectivity index (χ1v) is 36.3. The molecule has 0 aromatic carbocycles. The Morgan fingerprint density at radius 3 is 0.744 bits per heavy atom. The van der Waals surface area contributed by atoms with Crippen molar-refractivity contribution >= 4 is 17.9 Å². The Balaban J connectivity index is 4.33. The van der Waals surface area contributed by atoms with Gasteiger partial charge in [-0.05, 0) is 64.2 Å². The topological polar surface area (TPSA) is 78.9 Å². The van der Waals surface area contributed by atoms with Crippen LogP contribution in [0.15, 0.2) is 60.8 Å². The highest BCUT2D eigenvalue weighted by atomic mass is 16.6. The molecule has 0 rings (SSSR count). The Morgan fingerprint density at radius 1 is 0.256 bits per heavy atom. The molecule has 0 radical (unpaired) electrons. The predicted octanol–water partition coefficient (Wildman–Crippen LogP) is 25.1. The molecule has 0 saturated carbocycles. The summed E-state index contributed by atoms with van der Waals surface area (Å²) in [5, 5.41) is 0. The van der Waals surface area contributed by atoms with Crippen molar-refractivity contribution in [3.05, 3.63) is 60.8 Å². The highest BCUT2D eigenvalue weighted by Crippen LogP contribution is 2.19. The third kappa shape index (κ3) is 67.9. The lowest BCUT2D eigenvalue weighted by Crippen LogP contribution is -2.30. The van der Waals surface area contributed by atoms with Crippen LogP contribution in [0.1, 0.15) is 387 Å². The van der Waals surface area contributed by atoms with E-state index < -0.39 is 6.10 Å². The summed E-state index contributed by atoms with van der Waals surface area (Å²) in [6, 6.07) is 0. The van der Waals surface area contributed by atoms with E-state index in [1.54, 1.807) is 0 Å². The van der Waals surface area contributed by atoms with Crippen molar-refractivity contribution in [2.24, 2.45) is 0 Å². The molecule has 0 aliphatic carbocycles. The molecule has 6 heteroatoms. The van der Waals surface area contributed by atoms with Gasteiger partial charge in [0, 0.05) is 19.3 Å². The number of carbonyl (C=O) groups is 3. The van der Waals surface area contributed by atoms with Crippen molar-refractivity contribution in [2.75, 3.05) is 13.2 Å². The van der Waals surface area contributed by atoms with Gasteiger partial charge >= 0.3 is 17.9 Å². The zero-order valence-electron chi connectivity index (χ0n) is 55.0. The van der Waals surface area contributed by atoms with Crippen LogP contribution in [0.4, 0.5) is 0 Å². The number of ether oxygens (including phenoxy) is 3. The molecular weight excluding hydrogens is 1010 g/mol. The summed E-state index contributed by atoms with van der Waals surface area (Å²) in [5.41, 5.74) is 0. The molecule has 0 spiro atoms. The van der Waals surface area contributed by atoms with Crippen LogP contribution in [0.2, 0.25) is 0 Å². The van der Waals surface area contributed by atoms with Gasteiger partial charge in [-0.2, -0.15) is 0 Å². The number of allylic oxidation sites excluding steroid dienone is 10. The summed E-state index contributed by atoms with van der Waals surface area (Å²) in [4.78, 5) is 38.5. The number of rotatable bonds is 67. The number of unbranched alkanes of at least 4 members (excludes halogenated alkanes) is 46. The standard InChI is InChI=1S/C76H138O6/c1-4-7-10-13-16-19-22-25-28-31-34-36-37-38-39-40-43-45-48-51-54-57-60-63-66-69-75(78)81-72-73(71-80-74(77)68-65-62-59-56-53-50-47-44-41-33-30-27-24-21-18-15-12-9-6-3)82-76(79)70-67-64-61-58-55-52-49-46-42-35-32-29-26-23-20-17-14-11-8-5-2/h9,12,18,21,27,30,41,44,50,53,73H,4-8,10-11,13-17,19-20,22-26,28-29,31-40,42-43,45-49,51-52,54-72H2,1-3H3/b12-9-,21-18-,30-27-,44-41-,53-50-. The first kappa shape index (κ1) is 79.1. The van der Waals surface area contributed by atoms with E-state index in [9.17, 15) is 14.4 Å². The van der Waals surface area contributed by atoms with Gasteiger partial charge in [0.2, 0.25) is 0 Å². The predicted molar refractivity (Wildman–Crippen MR) is 358 cm³/mol. The lowest BCUT2D eigenvalue weighted by atomic mass is 10.0. The summed E-state index contributed by atoms with van der Waals surface area (Å²) >= 11 is 0. The van der Waals surface area contributed by atoms with Crippen LogP contribution in [0.25, 0.3) is 0 Å². The third-order valence-corrected chi connectivity index (χ3v) is 16.3. The van der Waals surface area contributed by atoms with E-state index >= 15 is 0 Å². The highest BCUT2D eigenvalue weighted by molar-refractivity contribution is 5.71. The normalized spacial score (nSPS) is 12.4. The van der Waals surface area contributed by atoms with Crippen molar-refractivity contribution in [2.45, 2.75) is 393 Å². The quantitative estimate of drug-likeness (QED) is 0.0261. The Bertz CT molecular complexity index is 1460. The summed E-state index contributed by atoms with van der Waals surface area (Å²) in [5.74, 6) is -0.885. The van der Waals surface area contributed by atoms with E-state index in [0.717, 1.165) is 96.3 Å². The number of hydrogen-bond donors (Lipinski definition) is 0. The molecule has 1 atom stereocenters. The fourth-order valence-electron chi connectivity index (χ4n) is 10.9. The zero-order chi connectivity index (χ0) is 59.2. The maximum Gasteiger partial charge on any atom is 0.306 e. The van der Waals surface area contributed by atoms with Gasteiger partial charge in [-0.25, -0.2) is 0 Å². The first-order chi connectivity index (χ1) is 40.5. The Morgan fingerprint density at radius 2 is 0.476 bits per heavy atom. The van der Waals surface area contributed by atoms with E-state index in [-0.39, 0.29) is 31.1 Å². The minimum absolute atomic E-state index is 0.0796. The van der Waals surface area contributed by atoms with Crippen molar-refractivity contribution in [3.8, 4) is 0 Å². The first-order valence-electron chi connectivity index (χ1n) is 36.3. The molecule has 0 amide bonds. The van der Waals surface area contributed by atoms with Gasteiger partial charge in [0.25, 0.3) is 0 Å². The second-order valence-electron chi connectivity index (χ2n) is 24.5. The average Bonchev–Trinajstić information content (AvgIpc) is 3.47. The molecule has 0 aromatic heterocycles. The van der Waals surface area contributed by atoms with Crippen LogP contribution in [0.5, 0.6) is 0 Å². The SMILES string of the molecule is CC/C=C\C/C=C\C/C=C\C/C=C\C/C=C\CCCCCC(=O)OCC(COC(=O)CCCCCCCCCCCCCCCCCCCCCCCCCCC)OC(=O)CCCCCCCCCCCCCCCCCCCCCC. The minimum Gasteiger partial charge on any atom is -0.462 e. The largest absolute Gasteiger partial charge is 0.462 e. The van der Waals surface area contributed by atoms with Crippen molar-refractivity contribution < 1.29 is 28.6 Å². The van der Waals surface area contributed by atoms with Crippen molar-refractivity contribution in [1.82, 2.24) is 0 Å². The molecule has 0 saturated heterocycles. The highest BCUT2D eigenvalue weighted by Gasteiger charge is 2.19. The van der Waals surface area contributed by atoms with Crippen LogP contribution in [-0.4, -0.2) is 37.2 Å². The Hall–Kier alpha value is -2.89. The van der Waals surface area contributed by atoms with Crippen LogP contribution >= 0.6 is 0 Å². The van der Waals surface area contributed by atoms with E-state index in [2.05, 4.69) is 81.5 Å². The summed E-state index contributed by atoms with van der Waals surface area (Å²) < 4.78 is 17.0. The van der Waals surface area contributed by atoms with Crippen LogP contribution in [0.3, 0.4) is 0 Å². The monoisotopic (exact) mass is 1150 g/mol. The van der Waals surface area contributed by atoms with Gasteiger partial charge in [0.1, 0.15) is 13.2 Å². The molecule has 0 aromatic rings. The van der Waals surface area contributed by atoms with E-state index in [1.165, 1.54) is 250 Å². The smallest absolute Gasteiger partial charge is 0.306 e. The number of hydrogen-bond acceptors (Lipinski definition) is 6. The maximum atomic E-state index is 13.0. The van der Waals surface area contributed by atoms with Gasteiger partial charge < -0.3 is 14.2 Å². The minimum atomic E-state index is -0.787. The molecule has 0 fully saturated rings.